The number of aromatic amines is 1. The molecular weight excluding hydrogens is 429 g/mol. The molecule has 0 saturated heterocycles. The van der Waals surface area contributed by atoms with E-state index in [1.54, 1.807) is 18.2 Å². The van der Waals surface area contributed by atoms with Crippen molar-refractivity contribution in [1.82, 2.24) is 9.97 Å². The highest BCUT2D eigenvalue weighted by Crippen LogP contribution is 2.39. The van der Waals surface area contributed by atoms with Crippen LogP contribution in [0.2, 0.25) is 10.0 Å². The summed E-state index contributed by atoms with van der Waals surface area (Å²) in [5.41, 5.74) is 3.05. The summed E-state index contributed by atoms with van der Waals surface area (Å²) < 4.78 is 0. The molecule has 1 aliphatic rings. The van der Waals surface area contributed by atoms with Crippen LogP contribution in [0.25, 0.3) is 0 Å². The standard InChI is InChI=1S/C21H17Cl2N3O2S/c1-11-4-2-5-12(8-11)10-29-21-25-19-17(20(28)26-21)14(9-16(27)24-19)13-6-3-7-15(22)18(13)23/h2-8,14H,9-10H2,1H3,(H2,24,25,26,27,28). The van der Waals surface area contributed by atoms with Crippen molar-refractivity contribution in [2.75, 3.05) is 5.32 Å². The molecular formula is C21H17Cl2N3O2S. The van der Waals surface area contributed by atoms with Gasteiger partial charge in [-0.15, -0.1) is 0 Å². The van der Waals surface area contributed by atoms with Crippen LogP contribution in [0.5, 0.6) is 0 Å². The number of halogens is 2. The first-order valence-electron chi connectivity index (χ1n) is 8.98. The summed E-state index contributed by atoms with van der Waals surface area (Å²) in [7, 11) is 0. The first kappa shape index (κ1) is 20.0. The molecule has 2 aromatic carbocycles. The van der Waals surface area contributed by atoms with Gasteiger partial charge >= 0.3 is 0 Å². The van der Waals surface area contributed by atoms with Crippen LogP contribution >= 0.6 is 35.0 Å². The average Bonchev–Trinajstić information content (AvgIpc) is 2.67. The number of carbonyl (C=O) groups is 1. The lowest BCUT2D eigenvalue weighted by Gasteiger charge is -2.25. The Labute approximate surface area is 181 Å². The number of amides is 1. The molecule has 0 aliphatic carbocycles. The lowest BCUT2D eigenvalue weighted by molar-refractivity contribution is -0.116. The van der Waals surface area contributed by atoms with Crippen LogP contribution in [0.3, 0.4) is 0 Å². The van der Waals surface area contributed by atoms with Gasteiger partial charge in [-0.3, -0.25) is 9.59 Å². The zero-order chi connectivity index (χ0) is 20.5. The molecule has 5 nitrogen and oxygen atoms in total. The predicted molar refractivity (Wildman–Crippen MR) is 117 cm³/mol. The summed E-state index contributed by atoms with van der Waals surface area (Å²) in [4.78, 5) is 32.5. The number of hydrogen-bond donors (Lipinski definition) is 2. The Kier molecular flexibility index (Phi) is 5.67. The van der Waals surface area contributed by atoms with Gasteiger partial charge in [0.1, 0.15) is 5.82 Å². The SMILES string of the molecule is Cc1cccc(CSc2nc3c(c(=O)[nH]2)C(c2cccc(Cl)c2Cl)CC(=O)N3)c1. The van der Waals surface area contributed by atoms with Gasteiger partial charge in [-0.05, 0) is 24.1 Å². The summed E-state index contributed by atoms with van der Waals surface area (Å²) in [5, 5.41) is 3.90. The Hall–Kier alpha value is -2.28. The third kappa shape index (κ3) is 4.20. The predicted octanol–water partition coefficient (Wildman–Crippen LogP) is 5.15. The Balaban J connectivity index is 1.69. The highest BCUT2D eigenvalue weighted by molar-refractivity contribution is 7.98. The molecule has 2 N–H and O–H groups in total. The minimum atomic E-state index is -0.503. The normalized spacial score (nSPS) is 15.7. The van der Waals surface area contributed by atoms with Gasteiger partial charge < -0.3 is 10.3 Å². The maximum atomic E-state index is 12.9. The van der Waals surface area contributed by atoms with E-state index in [0.29, 0.717) is 32.1 Å². The van der Waals surface area contributed by atoms with Gasteiger partial charge in [-0.2, -0.15) is 0 Å². The summed E-state index contributed by atoms with van der Waals surface area (Å²) >= 11 is 13.9. The molecule has 148 valence electrons. The first-order valence-corrected chi connectivity index (χ1v) is 10.7. The molecule has 0 fully saturated rings. The van der Waals surface area contributed by atoms with Gasteiger partial charge in [0, 0.05) is 18.1 Å². The summed E-state index contributed by atoms with van der Waals surface area (Å²) in [5.74, 6) is 0.210. The number of aromatic nitrogens is 2. The third-order valence-electron chi connectivity index (χ3n) is 4.74. The van der Waals surface area contributed by atoms with Crippen LogP contribution in [0.15, 0.2) is 52.4 Å². The number of nitrogens with zero attached hydrogens (tertiary/aromatic N) is 1. The van der Waals surface area contributed by atoms with Crippen LogP contribution in [0, 0.1) is 6.92 Å². The number of hydrogen-bond acceptors (Lipinski definition) is 4. The summed E-state index contributed by atoms with van der Waals surface area (Å²) in [6.45, 7) is 2.03. The van der Waals surface area contributed by atoms with E-state index in [0.717, 1.165) is 5.56 Å². The second kappa shape index (κ2) is 8.22. The summed E-state index contributed by atoms with van der Waals surface area (Å²) in [6.07, 6.45) is 0.105. The number of benzene rings is 2. The number of fused-ring (bicyclic) bond motifs is 1. The minimum Gasteiger partial charge on any atom is -0.310 e. The Morgan fingerprint density at radius 1 is 1.17 bits per heavy atom. The van der Waals surface area contributed by atoms with E-state index < -0.39 is 5.92 Å². The quantitative estimate of drug-likeness (QED) is 0.429. The lowest BCUT2D eigenvalue weighted by Crippen LogP contribution is -2.31. The van der Waals surface area contributed by atoms with Gasteiger partial charge in [0.05, 0.1) is 15.6 Å². The van der Waals surface area contributed by atoms with E-state index in [-0.39, 0.29) is 23.7 Å². The zero-order valence-electron chi connectivity index (χ0n) is 15.5. The van der Waals surface area contributed by atoms with E-state index in [4.69, 9.17) is 23.2 Å². The highest BCUT2D eigenvalue weighted by Gasteiger charge is 2.32. The van der Waals surface area contributed by atoms with Crippen molar-refractivity contribution in [1.29, 1.82) is 0 Å². The van der Waals surface area contributed by atoms with Gasteiger partial charge in [0.25, 0.3) is 5.56 Å². The molecule has 2 heterocycles. The number of rotatable bonds is 4. The zero-order valence-corrected chi connectivity index (χ0v) is 17.8. The number of thioether (sulfide) groups is 1. The van der Waals surface area contributed by atoms with E-state index in [1.807, 2.05) is 25.1 Å². The minimum absolute atomic E-state index is 0.105. The topological polar surface area (TPSA) is 74.8 Å². The Morgan fingerprint density at radius 3 is 2.76 bits per heavy atom. The molecule has 1 atom stereocenters. The maximum Gasteiger partial charge on any atom is 0.257 e. The number of H-pyrrole nitrogens is 1. The van der Waals surface area contributed by atoms with Crippen molar-refractivity contribution in [3.05, 3.63) is 85.1 Å². The molecule has 1 aromatic heterocycles. The molecule has 0 bridgehead atoms. The molecule has 0 saturated carbocycles. The fraction of sp³-hybridized carbons (Fsp3) is 0.190. The largest absolute Gasteiger partial charge is 0.310 e. The molecule has 1 unspecified atom stereocenters. The van der Waals surface area contributed by atoms with E-state index in [9.17, 15) is 9.59 Å². The maximum absolute atomic E-state index is 12.9. The fourth-order valence-corrected chi connectivity index (χ4v) is 4.67. The molecule has 3 aromatic rings. The first-order chi connectivity index (χ1) is 13.9. The van der Waals surface area contributed by atoms with Gasteiger partial charge in [0.15, 0.2) is 5.16 Å². The monoisotopic (exact) mass is 445 g/mol. The summed E-state index contributed by atoms with van der Waals surface area (Å²) in [6, 6.07) is 13.3. The molecule has 4 rings (SSSR count). The Bertz CT molecular complexity index is 1160. The molecule has 29 heavy (non-hydrogen) atoms. The van der Waals surface area contributed by atoms with Crippen LogP contribution in [0.1, 0.15) is 34.6 Å². The van der Waals surface area contributed by atoms with Crippen LogP contribution in [0.4, 0.5) is 5.82 Å². The molecule has 1 aliphatic heterocycles. The molecule has 8 heteroatoms. The second-order valence-electron chi connectivity index (χ2n) is 6.86. The molecule has 0 radical (unpaired) electrons. The van der Waals surface area contributed by atoms with Gasteiger partial charge in [0.2, 0.25) is 5.91 Å². The highest BCUT2D eigenvalue weighted by atomic mass is 35.5. The van der Waals surface area contributed by atoms with E-state index >= 15 is 0 Å². The van der Waals surface area contributed by atoms with Crippen LogP contribution < -0.4 is 10.9 Å². The molecule has 1 amide bonds. The Morgan fingerprint density at radius 2 is 1.97 bits per heavy atom. The van der Waals surface area contributed by atoms with Crippen molar-refractivity contribution in [3.63, 3.8) is 0 Å². The third-order valence-corrected chi connectivity index (χ3v) is 6.52. The van der Waals surface area contributed by atoms with Gasteiger partial charge in [-0.1, -0.05) is 76.9 Å². The number of carbonyl (C=O) groups excluding carboxylic acids is 1. The van der Waals surface area contributed by atoms with Crippen molar-refractivity contribution in [3.8, 4) is 0 Å². The fourth-order valence-electron chi connectivity index (χ4n) is 3.43. The van der Waals surface area contributed by atoms with Crippen LogP contribution in [-0.4, -0.2) is 15.9 Å². The smallest absolute Gasteiger partial charge is 0.257 e. The second-order valence-corrected chi connectivity index (χ2v) is 8.61. The van der Waals surface area contributed by atoms with Crippen molar-refractivity contribution in [2.24, 2.45) is 0 Å². The van der Waals surface area contributed by atoms with E-state index in [1.165, 1.54) is 17.3 Å². The van der Waals surface area contributed by atoms with E-state index in [2.05, 4.69) is 21.4 Å². The van der Waals surface area contributed by atoms with Crippen molar-refractivity contribution in [2.45, 2.75) is 30.2 Å². The lowest BCUT2D eigenvalue weighted by atomic mass is 9.87. The number of aryl methyl sites for hydroxylation is 1. The van der Waals surface area contributed by atoms with Crippen molar-refractivity contribution < 1.29 is 4.79 Å². The van der Waals surface area contributed by atoms with Gasteiger partial charge in [-0.25, -0.2) is 4.98 Å². The number of nitrogens with one attached hydrogen (secondary N) is 2. The van der Waals surface area contributed by atoms with Crippen LogP contribution in [-0.2, 0) is 10.5 Å². The van der Waals surface area contributed by atoms with Crippen molar-refractivity contribution >= 4 is 46.7 Å². The molecule has 0 spiro atoms. The number of anilines is 1. The average molecular weight is 446 g/mol.